The van der Waals surface area contributed by atoms with Crippen LogP contribution in [0.15, 0.2) is 61.2 Å². The van der Waals surface area contributed by atoms with Gasteiger partial charge in [-0.3, -0.25) is 4.79 Å². The first-order valence-electron chi connectivity index (χ1n) is 6.55. The SMILES string of the molecule is C=CCOc1cccc(NC(=O)Cc2cccc(Cl)c2)c1. The van der Waals surface area contributed by atoms with Crippen molar-refractivity contribution in [3.05, 3.63) is 71.8 Å². The lowest BCUT2D eigenvalue weighted by Gasteiger charge is -2.08. The highest BCUT2D eigenvalue weighted by atomic mass is 35.5. The lowest BCUT2D eigenvalue weighted by molar-refractivity contribution is -0.115. The molecule has 0 aliphatic carbocycles. The highest BCUT2D eigenvalue weighted by Gasteiger charge is 2.05. The van der Waals surface area contributed by atoms with Crippen molar-refractivity contribution in [2.24, 2.45) is 0 Å². The number of amides is 1. The Balaban J connectivity index is 1.97. The Bertz CT molecular complexity index is 640. The smallest absolute Gasteiger partial charge is 0.228 e. The molecule has 1 N–H and O–H groups in total. The average Bonchev–Trinajstić information content (AvgIpc) is 2.45. The van der Waals surface area contributed by atoms with Crippen molar-refractivity contribution in [3.8, 4) is 5.75 Å². The van der Waals surface area contributed by atoms with Gasteiger partial charge in [-0.2, -0.15) is 0 Å². The van der Waals surface area contributed by atoms with E-state index in [-0.39, 0.29) is 12.3 Å². The number of carbonyl (C=O) groups excluding carboxylic acids is 1. The number of halogens is 1. The molecule has 0 bridgehead atoms. The number of hydrogen-bond acceptors (Lipinski definition) is 2. The van der Waals surface area contributed by atoms with Crippen LogP contribution < -0.4 is 10.1 Å². The lowest BCUT2D eigenvalue weighted by atomic mass is 10.1. The maximum atomic E-state index is 12.0. The van der Waals surface area contributed by atoms with E-state index in [0.717, 1.165) is 5.56 Å². The van der Waals surface area contributed by atoms with E-state index >= 15 is 0 Å². The van der Waals surface area contributed by atoms with E-state index < -0.39 is 0 Å². The predicted octanol–water partition coefficient (Wildman–Crippen LogP) is 4.09. The second kappa shape index (κ2) is 7.50. The van der Waals surface area contributed by atoms with Crippen molar-refractivity contribution >= 4 is 23.2 Å². The highest BCUT2D eigenvalue weighted by Crippen LogP contribution is 2.18. The number of hydrogen-bond donors (Lipinski definition) is 1. The standard InChI is InChI=1S/C17H16ClNO2/c1-2-9-21-16-8-4-7-15(12-16)19-17(20)11-13-5-3-6-14(18)10-13/h2-8,10,12H,1,9,11H2,(H,19,20). The van der Waals surface area contributed by atoms with Crippen molar-refractivity contribution in [1.29, 1.82) is 0 Å². The zero-order chi connectivity index (χ0) is 15.1. The van der Waals surface area contributed by atoms with Gasteiger partial charge in [0, 0.05) is 16.8 Å². The van der Waals surface area contributed by atoms with Crippen LogP contribution in [0.5, 0.6) is 5.75 Å². The van der Waals surface area contributed by atoms with Gasteiger partial charge >= 0.3 is 0 Å². The van der Waals surface area contributed by atoms with Crippen molar-refractivity contribution in [2.75, 3.05) is 11.9 Å². The molecule has 4 heteroatoms. The summed E-state index contributed by atoms with van der Waals surface area (Å²) in [6, 6.07) is 14.5. The predicted molar refractivity (Wildman–Crippen MR) is 85.9 cm³/mol. The number of rotatable bonds is 6. The summed E-state index contributed by atoms with van der Waals surface area (Å²) in [6.45, 7) is 4.03. The van der Waals surface area contributed by atoms with Crippen molar-refractivity contribution in [3.63, 3.8) is 0 Å². The molecular formula is C17H16ClNO2. The van der Waals surface area contributed by atoms with Crippen LogP contribution in [0.2, 0.25) is 5.02 Å². The van der Waals surface area contributed by atoms with Gasteiger partial charge in [-0.25, -0.2) is 0 Å². The molecule has 0 fully saturated rings. The first-order chi connectivity index (χ1) is 10.2. The normalized spacial score (nSPS) is 9.95. The van der Waals surface area contributed by atoms with Gasteiger partial charge < -0.3 is 10.1 Å². The van der Waals surface area contributed by atoms with Gasteiger partial charge in [0.15, 0.2) is 0 Å². The van der Waals surface area contributed by atoms with Gasteiger partial charge in [0.05, 0.1) is 6.42 Å². The average molecular weight is 302 g/mol. The third-order valence-corrected chi connectivity index (χ3v) is 2.97. The number of ether oxygens (including phenoxy) is 1. The Morgan fingerprint density at radius 2 is 2.05 bits per heavy atom. The molecule has 0 saturated carbocycles. The van der Waals surface area contributed by atoms with Gasteiger partial charge in [0.2, 0.25) is 5.91 Å². The van der Waals surface area contributed by atoms with E-state index in [2.05, 4.69) is 11.9 Å². The molecule has 108 valence electrons. The second-order valence-electron chi connectivity index (χ2n) is 4.48. The van der Waals surface area contributed by atoms with E-state index in [1.165, 1.54) is 0 Å². The van der Waals surface area contributed by atoms with Crippen LogP contribution in [0.4, 0.5) is 5.69 Å². The Labute approximate surface area is 129 Å². The number of anilines is 1. The molecule has 2 rings (SSSR count). The Morgan fingerprint density at radius 1 is 1.24 bits per heavy atom. The van der Waals surface area contributed by atoms with Gasteiger partial charge in [-0.15, -0.1) is 0 Å². The first kappa shape index (κ1) is 15.1. The molecule has 2 aromatic carbocycles. The van der Waals surface area contributed by atoms with Crippen LogP contribution >= 0.6 is 11.6 Å². The van der Waals surface area contributed by atoms with Crippen molar-refractivity contribution in [1.82, 2.24) is 0 Å². The topological polar surface area (TPSA) is 38.3 Å². The summed E-state index contributed by atoms with van der Waals surface area (Å²) in [4.78, 5) is 12.0. The van der Waals surface area contributed by atoms with Gasteiger partial charge in [0.25, 0.3) is 0 Å². The summed E-state index contributed by atoms with van der Waals surface area (Å²) in [5.41, 5.74) is 1.57. The Hall–Kier alpha value is -2.26. The van der Waals surface area contributed by atoms with Crippen LogP contribution in [-0.2, 0) is 11.2 Å². The van der Waals surface area contributed by atoms with Crippen LogP contribution in [0.3, 0.4) is 0 Å². The van der Waals surface area contributed by atoms with E-state index in [0.29, 0.717) is 23.1 Å². The zero-order valence-electron chi connectivity index (χ0n) is 11.5. The van der Waals surface area contributed by atoms with Gasteiger partial charge in [0.1, 0.15) is 12.4 Å². The second-order valence-corrected chi connectivity index (χ2v) is 4.92. The largest absolute Gasteiger partial charge is 0.489 e. The molecule has 0 radical (unpaired) electrons. The fourth-order valence-electron chi connectivity index (χ4n) is 1.86. The maximum absolute atomic E-state index is 12.0. The van der Waals surface area contributed by atoms with E-state index in [4.69, 9.17) is 16.3 Å². The minimum atomic E-state index is -0.0989. The Kier molecular flexibility index (Phi) is 5.41. The van der Waals surface area contributed by atoms with E-state index in [9.17, 15) is 4.79 Å². The monoisotopic (exact) mass is 301 g/mol. The summed E-state index contributed by atoms with van der Waals surface area (Å²) in [5.74, 6) is 0.591. The number of nitrogens with one attached hydrogen (secondary N) is 1. The Morgan fingerprint density at radius 3 is 2.81 bits per heavy atom. The summed E-state index contributed by atoms with van der Waals surface area (Å²) in [7, 11) is 0. The van der Waals surface area contributed by atoms with E-state index in [1.54, 1.807) is 24.3 Å². The van der Waals surface area contributed by atoms with Crippen LogP contribution in [-0.4, -0.2) is 12.5 Å². The fraction of sp³-hybridized carbons (Fsp3) is 0.118. The van der Waals surface area contributed by atoms with Crippen LogP contribution in [0.1, 0.15) is 5.56 Å². The molecule has 0 aliphatic heterocycles. The molecule has 0 aliphatic rings. The third kappa shape index (κ3) is 4.97. The molecule has 1 amide bonds. The van der Waals surface area contributed by atoms with Gasteiger partial charge in [-0.1, -0.05) is 42.5 Å². The van der Waals surface area contributed by atoms with Crippen LogP contribution in [0, 0.1) is 0 Å². The van der Waals surface area contributed by atoms with Crippen molar-refractivity contribution < 1.29 is 9.53 Å². The summed E-state index contributed by atoms with van der Waals surface area (Å²) in [6.07, 6.45) is 1.95. The molecule has 21 heavy (non-hydrogen) atoms. The molecule has 0 atom stereocenters. The van der Waals surface area contributed by atoms with Crippen molar-refractivity contribution in [2.45, 2.75) is 6.42 Å². The molecule has 0 saturated heterocycles. The lowest BCUT2D eigenvalue weighted by Crippen LogP contribution is -2.14. The highest BCUT2D eigenvalue weighted by molar-refractivity contribution is 6.30. The van der Waals surface area contributed by atoms with E-state index in [1.807, 2.05) is 30.3 Å². The molecule has 2 aromatic rings. The fourth-order valence-corrected chi connectivity index (χ4v) is 2.07. The maximum Gasteiger partial charge on any atom is 0.228 e. The molecule has 0 heterocycles. The quantitative estimate of drug-likeness (QED) is 0.816. The molecule has 0 spiro atoms. The third-order valence-electron chi connectivity index (χ3n) is 2.74. The molecule has 0 unspecified atom stereocenters. The van der Waals surface area contributed by atoms with Crippen LogP contribution in [0.25, 0.3) is 0 Å². The molecule has 3 nitrogen and oxygen atoms in total. The number of benzene rings is 2. The zero-order valence-corrected chi connectivity index (χ0v) is 12.3. The number of carbonyl (C=O) groups is 1. The molecular weight excluding hydrogens is 286 g/mol. The summed E-state index contributed by atoms with van der Waals surface area (Å²) < 4.78 is 5.42. The molecule has 0 aromatic heterocycles. The minimum Gasteiger partial charge on any atom is -0.489 e. The first-order valence-corrected chi connectivity index (χ1v) is 6.93. The summed E-state index contributed by atoms with van der Waals surface area (Å²) in [5, 5.41) is 3.46. The van der Waals surface area contributed by atoms with Gasteiger partial charge in [-0.05, 0) is 29.8 Å². The summed E-state index contributed by atoms with van der Waals surface area (Å²) >= 11 is 5.90. The minimum absolute atomic E-state index is 0.0989.